The largest absolute Gasteiger partial charge is 0.443 e. The number of nitrogens with zero attached hydrogens (tertiary/aromatic N) is 1. The third-order valence-corrected chi connectivity index (χ3v) is 17.5. The van der Waals surface area contributed by atoms with Crippen LogP contribution in [0.15, 0.2) is 12.2 Å². The summed E-state index contributed by atoms with van der Waals surface area (Å²) < 4.78 is 16.4. The maximum absolute atomic E-state index is 13.2. The first kappa shape index (κ1) is 21.5. The highest BCUT2D eigenvalue weighted by atomic mass is 28.3. The molecular formula is C21H41NO2Si2. The van der Waals surface area contributed by atoms with Crippen molar-refractivity contribution in [2.24, 2.45) is 0 Å². The Morgan fingerprint density at radius 3 is 1.73 bits per heavy atom. The molecule has 0 atom stereocenters. The minimum absolute atomic E-state index is 0.368. The van der Waals surface area contributed by atoms with E-state index in [1.165, 1.54) is 5.19 Å². The van der Waals surface area contributed by atoms with Gasteiger partial charge in [-0.15, -0.1) is 0 Å². The van der Waals surface area contributed by atoms with Crippen LogP contribution in [0.1, 0.15) is 63.7 Å². The molecule has 0 spiro atoms. The van der Waals surface area contributed by atoms with Gasteiger partial charge >= 0.3 is 6.09 Å². The number of carbonyl (C=O) groups excluding carboxylic acids is 1. The molecule has 0 fully saturated rings. The summed E-state index contributed by atoms with van der Waals surface area (Å²) in [7, 11) is -3.60. The third-order valence-electron chi connectivity index (χ3n) is 6.51. The molecule has 150 valence electrons. The predicted molar refractivity (Wildman–Crippen MR) is 120 cm³/mol. The van der Waals surface area contributed by atoms with Gasteiger partial charge in [0.25, 0.3) is 0 Å². The van der Waals surface area contributed by atoms with Crippen molar-refractivity contribution in [2.45, 2.75) is 104 Å². The Bertz CT molecular complexity index is 625. The lowest BCUT2D eigenvalue weighted by Gasteiger charge is -2.30. The topological polar surface area (TPSA) is 31.2 Å². The molecule has 1 heterocycles. The van der Waals surface area contributed by atoms with E-state index < -0.39 is 21.7 Å². The second-order valence-corrected chi connectivity index (χ2v) is 19.0. The van der Waals surface area contributed by atoms with Crippen LogP contribution in [-0.2, 0) is 4.74 Å². The molecule has 0 amide bonds. The van der Waals surface area contributed by atoms with Gasteiger partial charge in [-0.25, -0.2) is 4.79 Å². The summed E-state index contributed by atoms with van der Waals surface area (Å²) in [5, 5.41) is 2.29. The van der Waals surface area contributed by atoms with Gasteiger partial charge < -0.3 is 4.74 Å². The van der Waals surface area contributed by atoms with Crippen LogP contribution in [0, 0.1) is 0 Å². The molecule has 1 aromatic rings. The average Bonchev–Trinajstić information content (AvgIpc) is 2.96. The van der Waals surface area contributed by atoms with E-state index >= 15 is 0 Å². The van der Waals surface area contributed by atoms with Crippen molar-refractivity contribution >= 4 is 32.7 Å². The average molecular weight is 397 g/mol. The first-order chi connectivity index (χ1) is 12.5. The van der Waals surface area contributed by atoms with Gasteiger partial charge in [-0.1, -0.05) is 77.8 Å². The fourth-order valence-corrected chi connectivity index (χ4v) is 11.4. The minimum Gasteiger partial charge on any atom is -0.443 e. The number of rotatable bonds is 8. The molecule has 1 rings (SSSR count). The van der Waals surface area contributed by atoms with Gasteiger partial charge in [-0.2, -0.15) is 0 Å². The molecule has 0 N–H and O–H groups in total. The number of aromatic nitrogens is 1. The van der Waals surface area contributed by atoms with Gasteiger partial charge in [-0.05, 0) is 32.0 Å². The highest BCUT2D eigenvalue weighted by molar-refractivity contribution is 6.94. The molecule has 26 heavy (non-hydrogen) atoms. The van der Waals surface area contributed by atoms with E-state index in [1.807, 2.05) is 20.8 Å². The fraction of sp³-hybridized carbons (Fsp3) is 0.762. The Hall–Kier alpha value is -0.816. The normalized spacial score (nSPS) is 13.7. The van der Waals surface area contributed by atoms with E-state index in [0.717, 1.165) is 41.6 Å². The Morgan fingerprint density at radius 2 is 1.38 bits per heavy atom. The molecule has 0 saturated heterocycles. The van der Waals surface area contributed by atoms with Gasteiger partial charge in [0, 0.05) is 11.5 Å². The predicted octanol–water partition coefficient (Wildman–Crippen LogP) is 5.70. The molecule has 5 heteroatoms. The van der Waals surface area contributed by atoms with Crippen LogP contribution in [0.4, 0.5) is 4.79 Å². The summed E-state index contributed by atoms with van der Waals surface area (Å²) in [6, 6.07) is 8.88. The molecule has 0 unspecified atom stereocenters. The maximum atomic E-state index is 13.2. The Morgan fingerprint density at radius 1 is 0.962 bits per heavy atom. The van der Waals surface area contributed by atoms with Crippen molar-refractivity contribution < 1.29 is 10.9 Å². The van der Waals surface area contributed by atoms with Crippen molar-refractivity contribution in [3.8, 4) is 0 Å². The first-order valence-electron chi connectivity index (χ1n) is 11.0. The van der Waals surface area contributed by atoms with Gasteiger partial charge in [0.05, 0.1) is 9.44 Å². The van der Waals surface area contributed by atoms with E-state index in [0.29, 0.717) is 6.17 Å². The molecule has 0 aliphatic rings. The van der Waals surface area contributed by atoms with Crippen molar-refractivity contribution in [3.63, 3.8) is 0 Å². The van der Waals surface area contributed by atoms with Crippen LogP contribution in [0.3, 0.4) is 0 Å². The zero-order chi connectivity index (χ0) is 21.0. The summed E-state index contributed by atoms with van der Waals surface area (Å²) in [5.41, 5.74) is -0.561. The van der Waals surface area contributed by atoms with Gasteiger partial charge in [-0.3, -0.25) is 4.57 Å². The van der Waals surface area contributed by atoms with E-state index in [9.17, 15) is 4.79 Å². The third kappa shape index (κ3) is 4.53. The smallest absolute Gasteiger partial charge is 0.418 e. The van der Waals surface area contributed by atoms with Crippen molar-refractivity contribution in [1.29, 1.82) is 0 Å². The molecule has 1 aromatic heterocycles. The lowest BCUT2D eigenvalue weighted by Crippen LogP contribution is -2.51. The second kappa shape index (κ2) is 8.92. The number of ether oxygens (including phenoxy) is 1. The minimum atomic E-state index is -1.84. The van der Waals surface area contributed by atoms with Gasteiger partial charge in [0.2, 0.25) is 0 Å². The van der Waals surface area contributed by atoms with E-state index in [4.69, 9.17) is 6.11 Å². The summed E-state index contributed by atoms with van der Waals surface area (Å²) >= 11 is 0. The van der Waals surface area contributed by atoms with E-state index in [2.05, 4.69) is 47.6 Å². The van der Waals surface area contributed by atoms with Crippen LogP contribution >= 0.6 is 0 Å². The van der Waals surface area contributed by atoms with Crippen molar-refractivity contribution in [3.05, 3.63) is 12.2 Å². The maximum Gasteiger partial charge on any atom is 0.418 e. The molecule has 0 radical (unpaired) electrons. The van der Waals surface area contributed by atoms with Crippen LogP contribution in [0.25, 0.3) is 0 Å². The van der Waals surface area contributed by atoms with Gasteiger partial charge in [0.1, 0.15) is 13.7 Å². The summed E-state index contributed by atoms with van der Waals surface area (Å²) in [5.74, 6) is 0. The SMILES string of the molecule is [2H]c1c([Si](CC)(CC)CC)cc([Si](CC)(CC)CC)n1C(=O)OC(C)(C)C. The number of hydrogen-bond donors (Lipinski definition) is 0. The van der Waals surface area contributed by atoms with Gasteiger partial charge in [0.15, 0.2) is 0 Å². The Labute approximate surface area is 164 Å². The molecule has 0 bridgehead atoms. The quantitative estimate of drug-likeness (QED) is 0.528. The van der Waals surface area contributed by atoms with Crippen LogP contribution in [-0.4, -0.2) is 32.4 Å². The zero-order valence-corrected chi connectivity index (χ0v) is 20.6. The Kier molecular flexibility index (Phi) is 7.37. The molecule has 3 nitrogen and oxygen atoms in total. The molecule has 0 aliphatic heterocycles. The zero-order valence-electron chi connectivity index (χ0n) is 19.6. The standard InChI is InChI=1S/C21H41NO2Si2/c1-10-25(11-2,12-3)18-16-19(26(13-4,14-5)15-6)22(17-18)20(23)24-21(7,8)9/h16-17H,10-15H2,1-9H3/i17D. The van der Waals surface area contributed by atoms with Crippen LogP contribution < -0.4 is 10.5 Å². The molecule has 0 aliphatic carbocycles. The monoisotopic (exact) mass is 396 g/mol. The fourth-order valence-electron chi connectivity index (χ4n) is 4.14. The molecule has 0 aromatic carbocycles. The lowest BCUT2D eigenvalue weighted by molar-refractivity contribution is 0.0542. The second-order valence-electron chi connectivity index (χ2n) is 8.55. The van der Waals surface area contributed by atoms with Crippen LogP contribution in [0.2, 0.25) is 36.3 Å². The van der Waals surface area contributed by atoms with E-state index in [-0.39, 0.29) is 6.09 Å². The van der Waals surface area contributed by atoms with Crippen LogP contribution in [0.5, 0.6) is 0 Å². The number of carbonyl (C=O) groups is 1. The summed E-state index contributed by atoms with van der Waals surface area (Å²) in [6.07, 6.45) is 0.0378. The van der Waals surface area contributed by atoms with E-state index in [1.54, 1.807) is 4.57 Å². The molecular weight excluding hydrogens is 354 g/mol. The summed E-state index contributed by atoms with van der Waals surface area (Å²) in [6.45, 7) is 19.2. The number of hydrogen-bond acceptors (Lipinski definition) is 2. The van der Waals surface area contributed by atoms with Crippen molar-refractivity contribution in [1.82, 2.24) is 4.57 Å². The summed E-state index contributed by atoms with van der Waals surface area (Å²) in [4.78, 5) is 13.2. The Balaban J connectivity index is 3.80. The van der Waals surface area contributed by atoms with Crippen molar-refractivity contribution in [2.75, 3.05) is 0 Å². The highest BCUT2D eigenvalue weighted by Crippen LogP contribution is 2.24. The first-order valence-corrected chi connectivity index (χ1v) is 15.7. The highest BCUT2D eigenvalue weighted by Gasteiger charge is 2.38. The lowest BCUT2D eigenvalue weighted by atomic mass is 10.2. The molecule has 0 saturated carbocycles.